The van der Waals surface area contributed by atoms with Gasteiger partial charge in [-0.2, -0.15) is 0 Å². The molecule has 0 bridgehead atoms. The zero-order chi connectivity index (χ0) is 13.7. The monoisotopic (exact) mass is 257 g/mol. The Bertz CT molecular complexity index is 512. The summed E-state index contributed by atoms with van der Waals surface area (Å²) in [4.78, 5) is 18.3. The maximum atomic E-state index is 12.4. The summed E-state index contributed by atoms with van der Waals surface area (Å²) >= 11 is 0. The van der Waals surface area contributed by atoms with Crippen LogP contribution < -0.4 is 5.73 Å². The number of hydrogen-bond donors (Lipinski definition) is 1. The molecule has 0 saturated heterocycles. The standard InChI is InChI=1S/C15H19N3O/c1-18(11-12-5-2-6-12)15(19)14-13(7-3-9-16)8-4-10-17-14/h4,8,10,12H,2,5-6,9,11,16H2,1H3. The molecular formula is C15H19N3O. The highest BCUT2D eigenvalue weighted by Gasteiger charge is 2.23. The van der Waals surface area contributed by atoms with Gasteiger partial charge in [0.2, 0.25) is 0 Å². The molecule has 0 atom stereocenters. The summed E-state index contributed by atoms with van der Waals surface area (Å²) in [6.45, 7) is 1.08. The van der Waals surface area contributed by atoms with Crippen molar-refractivity contribution in [3.05, 3.63) is 29.6 Å². The number of pyridine rings is 1. The van der Waals surface area contributed by atoms with Gasteiger partial charge in [0.25, 0.3) is 5.91 Å². The average molecular weight is 257 g/mol. The third kappa shape index (κ3) is 3.33. The van der Waals surface area contributed by atoms with Gasteiger partial charge in [0.15, 0.2) is 0 Å². The lowest BCUT2D eigenvalue weighted by Crippen LogP contribution is -2.35. The lowest BCUT2D eigenvalue weighted by molar-refractivity contribution is 0.0739. The molecule has 1 fully saturated rings. The van der Waals surface area contributed by atoms with Crippen molar-refractivity contribution in [2.45, 2.75) is 19.3 Å². The van der Waals surface area contributed by atoms with Crippen LogP contribution in [0.4, 0.5) is 0 Å². The third-order valence-electron chi connectivity index (χ3n) is 3.44. The van der Waals surface area contributed by atoms with Gasteiger partial charge >= 0.3 is 0 Å². The van der Waals surface area contributed by atoms with Gasteiger partial charge in [0.1, 0.15) is 5.69 Å². The van der Waals surface area contributed by atoms with Crippen molar-refractivity contribution in [1.29, 1.82) is 0 Å². The summed E-state index contributed by atoms with van der Waals surface area (Å²) in [7, 11) is 1.83. The minimum Gasteiger partial charge on any atom is -0.340 e. The van der Waals surface area contributed by atoms with Crippen molar-refractivity contribution in [2.75, 3.05) is 20.1 Å². The summed E-state index contributed by atoms with van der Waals surface area (Å²) in [6, 6.07) is 3.59. The van der Waals surface area contributed by atoms with Crippen LogP contribution in [0, 0.1) is 17.8 Å². The second-order valence-corrected chi connectivity index (χ2v) is 4.89. The minimum atomic E-state index is -0.0613. The number of aromatic nitrogens is 1. The van der Waals surface area contributed by atoms with Crippen LogP contribution >= 0.6 is 0 Å². The predicted molar refractivity (Wildman–Crippen MR) is 74.5 cm³/mol. The fourth-order valence-electron chi connectivity index (χ4n) is 2.15. The molecule has 0 unspecified atom stereocenters. The maximum Gasteiger partial charge on any atom is 0.273 e. The molecular weight excluding hydrogens is 238 g/mol. The molecule has 4 heteroatoms. The average Bonchev–Trinajstić information content (AvgIpc) is 2.39. The van der Waals surface area contributed by atoms with Crippen LogP contribution in [0.3, 0.4) is 0 Å². The number of nitrogens with two attached hydrogens (primary N) is 1. The van der Waals surface area contributed by atoms with Crippen LogP contribution in [-0.2, 0) is 0 Å². The molecule has 0 radical (unpaired) electrons. The van der Waals surface area contributed by atoms with Gasteiger partial charge < -0.3 is 10.6 Å². The molecule has 0 aromatic carbocycles. The second-order valence-electron chi connectivity index (χ2n) is 4.89. The van der Waals surface area contributed by atoms with Crippen LogP contribution in [0.15, 0.2) is 18.3 Å². The van der Waals surface area contributed by atoms with E-state index in [1.54, 1.807) is 23.2 Å². The molecule has 2 N–H and O–H groups in total. The van der Waals surface area contributed by atoms with E-state index in [0.717, 1.165) is 6.54 Å². The van der Waals surface area contributed by atoms with Crippen LogP contribution in [0.2, 0.25) is 0 Å². The Balaban J connectivity index is 2.13. The van der Waals surface area contributed by atoms with Crippen molar-refractivity contribution in [2.24, 2.45) is 11.7 Å². The number of carbonyl (C=O) groups is 1. The molecule has 1 aliphatic carbocycles. The fraction of sp³-hybridized carbons (Fsp3) is 0.467. The van der Waals surface area contributed by atoms with E-state index in [1.807, 2.05) is 7.05 Å². The summed E-state index contributed by atoms with van der Waals surface area (Å²) in [5.41, 5.74) is 6.44. The lowest BCUT2D eigenvalue weighted by atomic mass is 9.85. The first-order valence-corrected chi connectivity index (χ1v) is 6.61. The second kappa shape index (κ2) is 6.35. The van der Waals surface area contributed by atoms with E-state index in [4.69, 9.17) is 5.73 Å². The van der Waals surface area contributed by atoms with Gasteiger partial charge in [-0.05, 0) is 30.9 Å². The van der Waals surface area contributed by atoms with Crippen LogP contribution in [0.25, 0.3) is 0 Å². The molecule has 1 amide bonds. The smallest absolute Gasteiger partial charge is 0.273 e. The Morgan fingerprint density at radius 3 is 3.00 bits per heavy atom. The highest BCUT2D eigenvalue weighted by molar-refractivity contribution is 5.94. The number of amides is 1. The topological polar surface area (TPSA) is 59.2 Å². The number of carbonyl (C=O) groups excluding carboxylic acids is 1. The van der Waals surface area contributed by atoms with Gasteiger partial charge in [-0.15, -0.1) is 0 Å². The van der Waals surface area contributed by atoms with Gasteiger partial charge in [-0.1, -0.05) is 18.3 Å². The lowest BCUT2D eigenvalue weighted by Gasteiger charge is -2.30. The summed E-state index contributed by atoms with van der Waals surface area (Å²) in [5, 5.41) is 0. The van der Waals surface area contributed by atoms with E-state index in [2.05, 4.69) is 16.8 Å². The van der Waals surface area contributed by atoms with E-state index in [9.17, 15) is 4.79 Å². The SMILES string of the molecule is CN(CC1CCC1)C(=O)c1ncccc1C#CCN. The first-order chi connectivity index (χ1) is 9.22. The predicted octanol–water partition coefficient (Wildman–Crippen LogP) is 1.26. The van der Waals surface area contributed by atoms with E-state index < -0.39 is 0 Å². The normalized spacial score (nSPS) is 14.2. The summed E-state index contributed by atoms with van der Waals surface area (Å²) in [6.07, 6.45) is 5.35. The third-order valence-corrected chi connectivity index (χ3v) is 3.44. The largest absolute Gasteiger partial charge is 0.340 e. The maximum absolute atomic E-state index is 12.4. The van der Waals surface area contributed by atoms with Crippen molar-refractivity contribution in [3.8, 4) is 11.8 Å². The van der Waals surface area contributed by atoms with E-state index in [0.29, 0.717) is 17.2 Å². The van der Waals surface area contributed by atoms with Gasteiger partial charge in [-0.25, -0.2) is 4.98 Å². The fourth-order valence-corrected chi connectivity index (χ4v) is 2.15. The Morgan fingerprint density at radius 2 is 2.37 bits per heavy atom. The Labute approximate surface area is 114 Å². The van der Waals surface area contributed by atoms with Gasteiger partial charge in [0.05, 0.1) is 12.1 Å². The zero-order valence-corrected chi connectivity index (χ0v) is 11.2. The van der Waals surface area contributed by atoms with Crippen LogP contribution in [0.1, 0.15) is 35.3 Å². The highest BCUT2D eigenvalue weighted by atomic mass is 16.2. The molecule has 2 rings (SSSR count). The molecule has 4 nitrogen and oxygen atoms in total. The Kier molecular flexibility index (Phi) is 4.53. The Hall–Kier alpha value is -1.86. The van der Waals surface area contributed by atoms with E-state index >= 15 is 0 Å². The zero-order valence-electron chi connectivity index (χ0n) is 11.2. The number of hydrogen-bond acceptors (Lipinski definition) is 3. The van der Waals surface area contributed by atoms with Crippen LogP contribution in [-0.4, -0.2) is 35.9 Å². The van der Waals surface area contributed by atoms with Crippen molar-refractivity contribution in [3.63, 3.8) is 0 Å². The van der Waals surface area contributed by atoms with Gasteiger partial charge in [-0.3, -0.25) is 4.79 Å². The van der Waals surface area contributed by atoms with E-state index in [-0.39, 0.29) is 12.5 Å². The molecule has 0 spiro atoms. The molecule has 0 aliphatic heterocycles. The number of nitrogens with zero attached hydrogens (tertiary/aromatic N) is 2. The quantitative estimate of drug-likeness (QED) is 0.829. The molecule has 19 heavy (non-hydrogen) atoms. The highest BCUT2D eigenvalue weighted by Crippen LogP contribution is 2.27. The molecule has 1 aromatic rings. The molecule has 1 aromatic heterocycles. The molecule has 1 heterocycles. The summed E-state index contributed by atoms with van der Waals surface area (Å²) < 4.78 is 0. The van der Waals surface area contributed by atoms with Crippen LogP contribution in [0.5, 0.6) is 0 Å². The first kappa shape index (κ1) is 13.6. The molecule has 1 saturated carbocycles. The first-order valence-electron chi connectivity index (χ1n) is 6.61. The molecule has 100 valence electrons. The minimum absolute atomic E-state index is 0.0613. The van der Waals surface area contributed by atoms with Gasteiger partial charge in [0, 0.05) is 19.8 Å². The molecule has 1 aliphatic rings. The van der Waals surface area contributed by atoms with Crippen molar-refractivity contribution < 1.29 is 4.79 Å². The van der Waals surface area contributed by atoms with E-state index in [1.165, 1.54) is 19.3 Å². The number of rotatable bonds is 3. The summed E-state index contributed by atoms with van der Waals surface area (Å²) in [5.74, 6) is 6.26. The van der Waals surface area contributed by atoms with Crippen molar-refractivity contribution >= 4 is 5.91 Å². The Morgan fingerprint density at radius 1 is 1.58 bits per heavy atom. The van der Waals surface area contributed by atoms with Crippen molar-refractivity contribution in [1.82, 2.24) is 9.88 Å².